The first-order chi connectivity index (χ1) is 11.3. The Morgan fingerprint density at radius 3 is 2.38 bits per heavy atom. The van der Waals surface area contributed by atoms with Crippen molar-refractivity contribution in [3.63, 3.8) is 0 Å². The Kier molecular flexibility index (Phi) is 5.34. The predicted molar refractivity (Wildman–Crippen MR) is 97.5 cm³/mol. The zero-order chi connectivity index (χ0) is 17.9. The smallest absolute Gasteiger partial charge is 0.255 e. The van der Waals surface area contributed by atoms with Crippen LogP contribution in [-0.2, 0) is 0 Å². The number of ether oxygens (including phenoxy) is 1. The van der Waals surface area contributed by atoms with Gasteiger partial charge in [-0.1, -0.05) is 6.07 Å². The first-order valence-electron chi connectivity index (χ1n) is 7.91. The SMILES string of the molecule is CCOc1ccc(-n2cc(C(C(C)=N)C(C)=N)ccc2=O)c(C)c1. The summed E-state index contributed by atoms with van der Waals surface area (Å²) in [5.74, 6) is 0.367. The normalized spacial score (nSPS) is 11.8. The van der Waals surface area contributed by atoms with Gasteiger partial charge < -0.3 is 15.6 Å². The molecule has 0 fully saturated rings. The third kappa shape index (κ3) is 3.62. The lowest BCUT2D eigenvalue weighted by molar-refractivity contribution is 0.340. The largest absolute Gasteiger partial charge is 0.494 e. The summed E-state index contributed by atoms with van der Waals surface area (Å²) >= 11 is 0. The molecule has 24 heavy (non-hydrogen) atoms. The molecule has 0 spiro atoms. The quantitative estimate of drug-likeness (QED) is 0.794. The standard InChI is InChI=1S/C19H23N3O2/c1-5-24-16-7-8-17(12(2)10-16)22-11-15(6-9-18(22)23)19(13(3)20)14(4)21/h6-11,19-21H,5H2,1-4H3. The number of aromatic nitrogens is 1. The van der Waals surface area contributed by atoms with Gasteiger partial charge in [-0.3, -0.25) is 9.36 Å². The van der Waals surface area contributed by atoms with Crippen LogP contribution in [0.15, 0.2) is 41.3 Å². The van der Waals surface area contributed by atoms with E-state index in [-0.39, 0.29) is 5.56 Å². The van der Waals surface area contributed by atoms with Gasteiger partial charge in [0.1, 0.15) is 5.75 Å². The van der Waals surface area contributed by atoms with Crippen molar-refractivity contribution in [1.29, 1.82) is 10.8 Å². The Morgan fingerprint density at radius 2 is 1.83 bits per heavy atom. The van der Waals surface area contributed by atoms with Gasteiger partial charge in [0.25, 0.3) is 5.56 Å². The lowest BCUT2D eigenvalue weighted by Crippen LogP contribution is -2.22. The van der Waals surface area contributed by atoms with Crippen molar-refractivity contribution in [2.45, 2.75) is 33.6 Å². The van der Waals surface area contributed by atoms with E-state index in [9.17, 15) is 4.79 Å². The van der Waals surface area contributed by atoms with E-state index in [4.69, 9.17) is 15.6 Å². The summed E-state index contributed by atoms with van der Waals surface area (Å²) in [6.45, 7) is 7.81. The first kappa shape index (κ1) is 17.7. The van der Waals surface area contributed by atoms with Crippen molar-refractivity contribution >= 4 is 11.4 Å². The summed E-state index contributed by atoms with van der Waals surface area (Å²) in [5, 5.41) is 15.8. The van der Waals surface area contributed by atoms with Gasteiger partial charge in [0, 0.05) is 23.7 Å². The molecule has 5 nitrogen and oxygen atoms in total. The van der Waals surface area contributed by atoms with Crippen molar-refractivity contribution in [2.24, 2.45) is 0 Å². The van der Waals surface area contributed by atoms with Crippen molar-refractivity contribution in [3.05, 3.63) is 58.0 Å². The summed E-state index contributed by atoms with van der Waals surface area (Å²) in [4.78, 5) is 12.3. The fraction of sp³-hybridized carbons (Fsp3) is 0.316. The fourth-order valence-corrected chi connectivity index (χ4v) is 2.84. The maximum absolute atomic E-state index is 12.3. The van der Waals surface area contributed by atoms with E-state index in [1.54, 1.807) is 30.7 Å². The zero-order valence-electron chi connectivity index (χ0n) is 14.5. The molecule has 2 aromatic rings. The van der Waals surface area contributed by atoms with Crippen molar-refractivity contribution in [2.75, 3.05) is 6.61 Å². The highest BCUT2D eigenvalue weighted by Gasteiger charge is 2.18. The molecule has 0 saturated carbocycles. The van der Waals surface area contributed by atoms with Gasteiger partial charge in [0.15, 0.2) is 0 Å². The van der Waals surface area contributed by atoms with Gasteiger partial charge in [-0.15, -0.1) is 0 Å². The predicted octanol–water partition coefficient (Wildman–Crippen LogP) is 3.71. The molecule has 0 atom stereocenters. The van der Waals surface area contributed by atoms with Crippen molar-refractivity contribution in [1.82, 2.24) is 4.57 Å². The maximum Gasteiger partial charge on any atom is 0.255 e. The minimum absolute atomic E-state index is 0.143. The van der Waals surface area contributed by atoms with Gasteiger partial charge in [0.05, 0.1) is 18.2 Å². The summed E-state index contributed by atoms with van der Waals surface area (Å²) in [7, 11) is 0. The number of hydrogen-bond acceptors (Lipinski definition) is 4. The summed E-state index contributed by atoms with van der Waals surface area (Å²) in [6.07, 6.45) is 1.73. The van der Waals surface area contributed by atoms with E-state index in [0.29, 0.717) is 18.0 Å². The Morgan fingerprint density at radius 1 is 1.17 bits per heavy atom. The number of rotatable bonds is 6. The molecule has 0 saturated heterocycles. The molecule has 1 heterocycles. The Balaban J connectivity index is 2.55. The molecule has 2 rings (SSSR count). The highest BCUT2D eigenvalue weighted by Crippen LogP contribution is 2.22. The van der Waals surface area contributed by atoms with Crippen LogP contribution in [0, 0.1) is 17.7 Å². The third-order valence-corrected chi connectivity index (χ3v) is 3.87. The van der Waals surface area contributed by atoms with Gasteiger partial charge >= 0.3 is 0 Å². The average Bonchev–Trinajstić information content (AvgIpc) is 2.49. The second-order valence-electron chi connectivity index (χ2n) is 5.85. The van der Waals surface area contributed by atoms with E-state index in [0.717, 1.165) is 22.6 Å². The molecule has 0 aliphatic carbocycles. The lowest BCUT2D eigenvalue weighted by Gasteiger charge is -2.18. The summed E-state index contributed by atoms with van der Waals surface area (Å²) in [6, 6.07) is 8.79. The van der Waals surface area contributed by atoms with Crippen LogP contribution in [0.5, 0.6) is 5.75 Å². The number of aryl methyl sites for hydroxylation is 1. The van der Waals surface area contributed by atoms with E-state index in [1.807, 2.05) is 32.0 Å². The van der Waals surface area contributed by atoms with Crippen LogP contribution >= 0.6 is 0 Å². The molecule has 1 aromatic carbocycles. The minimum atomic E-state index is -0.403. The highest BCUT2D eigenvalue weighted by atomic mass is 16.5. The van der Waals surface area contributed by atoms with E-state index in [2.05, 4.69) is 0 Å². The minimum Gasteiger partial charge on any atom is -0.494 e. The number of nitrogens with one attached hydrogen (secondary N) is 2. The van der Waals surface area contributed by atoms with Crippen molar-refractivity contribution in [3.8, 4) is 11.4 Å². The van der Waals surface area contributed by atoms with Crippen LogP contribution in [0.4, 0.5) is 0 Å². The number of nitrogens with zero attached hydrogens (tertiary/aromatic N) is 1. The average molecular weight is 325 g/mol. The number of hydrogen-bond donors (Lipinski definition) is 2. The molecule has 1 aromatic heterocycles. The summed E-state index contributed by atoms with van der Waals surface area (Å²) < 4.78 is 7.06. The molecule has 2 N–H and O–H groups in total. The second kappa shape index (κ2) is 7.25. The van der Waals surface area contributed by atoms with E-state index < -0.39 is 5.92 Å². The molecule has 0 aliphatic heterocycles. The van der Waals surface area contributed by atoms with Crippen LogP contribution in [-0.4, -0.2) is 22.6 Å². The van der Waals surface area contributed by atoms with Crippen LogP contribution in [0.25, 0.3) is 5.69 Å². The van der Waals surface area contributed by atoms with Crippen LogP contribution in [0.1, 0.15) is 37.8 Å². The molecule has 0 unspecified atom stereocenters. The molecule has 0 radical (unpaired) electrons. The van der Waals surface area contributed by atoms with Crippen LogP contribution in [0.2, 0.25) is 0 Å². The topological polar surface area (TPSA) is 78.9 Å². The van der Waals surface area contributed by atoms with E-state index in [1.165, 1.54) is 6.07 Å². The Labute approximate surface area is 141 Å². The van der Waals surface area contributed by atoms with Crippen molar-refractivity contribution < 1.29 is 4.74 Å². The number of benzene rings is 1. The molecule has 126 valence electrons. The Bertz CT molecular complexity index is 823. The maximum atomic E-state index is 12.3. The highest BCUT2D eigenvalue weighted by molar-refractivity contribution is 6.08. The fourth-order valence-electron chi connectivity index (χ4n) is 2.84. The van der Waals surface area contributed by atoms with Gasteiger partial charge in [0.2, 0.25) is 0 Å². The molecule has 0 bridgehead atoms. The van der Waals surface area contributed by atoms with Gasteiger partial charge in [-0.05, 0) is 57.0 Å². The van der Waals surface area contributed by atoms with Gasteiger partial charge in [-0.25, -0.2) is 0 Å². The molecular weight excluding hydrogens is 302 g/mol. The Hall–Kier alpha value is -2.69. The van der Waals surface area contributed by atoms with Crippen LogP contribution in [0.3, 0.4) is 0 Å². The zero-order valence-corrected chi connectivity index (χ0v) is 14.5. The monoisotopic (exact) mass is 325 g/mol. The molecule has 0 amide bonds. The third-order valence-electron chi connectivity index (χ3n) is 3.87. The van der Waals surface area contributed by atoms with E-state index >= 15 is 0 Å². The second-order valence-corrected chi connectivity index (χ2v) is 5.85. The lowest BCUT2D eigenvalue weighted by atomic mass is 9.92. The van der Waals surface area contributed by atoms with Gasteiger partial charge in [-0.2, -0.15) is 0 Å². The number of pyridine rings is 1. The molecular formula is C19H23N3O2. The molecule has 0 aliphatic rings. The summed E-state index contributed by atoms with van der Waals surface area (Å²) in [5.41, 5.74) is 3.09. The molecule has 5 heteroatoms. The van der Waals surface area contributed by atoms with Crippen LogP contribution < -0.4 is 10.3 Å². The first-order valence-corrected chi connectivity index (χ1v) is 7.91.